The molecule has 40 heavy (non-hydrogen) atoms. The second-order valence-corrected chi connectivity index (χ2v) is 11.4. The Balaban J connectivity index is 0.000000220. The molecule has 2 heterocycles. The van der Waals surface area contributed by atoms with Gasteiger partial charge in [0.05, 0.1) is 35.6 Å². The van der Waals surface area contributed by atoms with Gasteiger partial charge in [-0.15, -0.1) is 0 Å². The SMILES string of the molecule is CC(C)(O)[C@@H]1CC[C@H]([C@H](O)C(=O)c2ccc(F)cc2)O1.CC(C)(O)[C@@H]1CC[C@H]([C@H](O)C(=O)c2ccc(F)cc2)O1. The highest BCUT2D eigenvalue weighted by Crippen LogP contribution is 2.31. The molecule has 2 aliphatic heterocycles. The molecule has 0 spiro atoms. The van der Waals surface area contributed by atoms with Gasteiger partial charge in [-0.2, -0.15) is 0 Å². The predicted molar refractivity (Wildman–Crippen MR) is 142 cm³/mol. The zero-order chi connectivity index (χ0) is 29.8. The highest BCUT2D eigenvalue weighted by atomic mass is 19.1. The smallest absolute Gasteiger partial charge is 0.193 e. The van der Waals surface area contributed by atoms with E-state index in [9.17, 15) is 38.8 Å². The molecule has 10 heteroatoms. The van der Waals surface area contributed by atoms with Crippen LogP contribution in [-0.2, 0) is 9.47 Å². The summed E-state index contributed by atoms with van der Waals surface area (Å²) in [6.07, 6.45) is -2.49. The number of ketones is 2. The number of aliphatic hydroxyl groups excluding tert-OH is 2. The molecule has 2 saturated heterocycles. The van der Waals surface area contributed by atoms with Crippen LogP contribution in [0.15, 0.2) is 48.5 Å². The zero-order valence-corrected chi connectivity index (χ0v) is 23.1. The summed E-state index contributed by atoms with van der Waals surface area (Å²) in [7, 11) is 0. The molecule has 220 valence electrons. The van der Waals surface area contributed by atoms with Gasteiger partial charge in [-0.1, -0.05) is 0 Å². The summed E-state index contributed by atoms with van der Waals surface area (Å²) in [5.74, 6) is -1.86. The van der Waals surface area contributed by atoms with E-state index in [-0.39, 0.29) is 11.1 Å². The number of carbonyl (C=O) groups excluding carboxylic acids is 2. The average Bonchev–Trinajstić information content (AvgIpc) is 3.59. The summed E-state index contributed by atoms with van der Waals surface area (Å²) >= 11 is 0. The summed E-state index contributed by atoms with van der Waals surface area (Å²) < 4.78 is 36.7. The first-order valence-corrected chi connectivity index (χ1v) is 13.3. The second kappa shape index (κ2) is 12.9. The molecule has 0 radical (unpaired) electrons. The van der Waals surface area contributed by atoms with Crippen LogP contribution in [0.25, 0.3) is 0 Å². The van der Waals surface area contributed by atoms with Crippen molar-refractivity contribution in [3.05, 3.63) is 71.3 Å². The molecule has 0 aromatic heterocycles. The Labute approximate surface area is 232 Å². The minimum absolute atomic E-state index is 0.245. The van der Waals surface area contributed by atoms with Crippen LogP contribution < -0.4 is 0 Å². The van der Waals surface area contributed by atoms with Gasteiger partial charge in [0.2, 0.25) is 0 Å². The molecule has 0 aliphatic carbocycles. The Hall–Kier alpha value is -2.60. The van der Waals surface area contributed by atoms with Crippen molar-refractivity contribution in [3.8, 4) is 0 Å². The largest absolute Gasteiger partial charge is 0.388 e. The number of Topliss-reactive ketones (excluding diaryl/α,β-unsaturated/α-hetero) is 2. The molecule has 8 nitrogen and oxygen atoms in total. The van der Waals surface area contributed by atoms with Gasteiger partial charge in [0, 0.05) is 11.1 Å². The third-order valence-corrected chi connectivity index (χ3v) is 7.18. The Bertz CT molecular complexity index is 1050. The van der Waals surface area contributed by atoms with E-state index < -0.39 is 71.0 Å². The summed E-state index contributed by atoms with van der Waals surface area (Å²) in [5.41, 5.74) is -1.52. The summed E-state index contributed by atoms with van der Waals surface area (Å²) in [6, 6.07) is 10.0. The van der Waals surface area contributed by atoms with Crippen molar-refractivity contribution in [2.24, 2.45) is 0 Å². The monoisotopic (exact) mass is 564 g/mol. The van der Waals surface area contributed by atoms with Gasteiger partial charge in [-0.05, 0) is 102 Å². The van der Waals surface area contributed by atoms with Crippen LogP contribution in [0.5, 0.6) is 0 Å². The Kier molecular flexibility index (Phi) is 10.3. The van der Waals surface area contributed by atoms with E-state index in [1.54, 1.807) is 27.7 Å². The van der Waals surface area contributed by atoms with Crippen molar-refractivity contribution in [2.75, 3.05) is 0 Å². The predicted octanol–water partition coefficient (Wildman–Crippen LogP) is 3.38. The first-order valence-electron chi connectivity index (χ1n) is 13.3. The van der Waals surface area contributed by atoms with E-state index in [0.717, 1.165) is 0 Å². The molecule has 0 bridgehead atoms. The van der Waals surface area contributed by atoms with Crippen LogP contribution >= 0.6 is 0 Å². The van der Waals surface area contributed by atoms with Gasteiger partial charge >= 0.3 is 0 Å². The average molecular weight is 565 g/mol. The fourth-order valence-corrected chi connectivity index (χ4v) is 4.74. The molecule has 2 fully saturated rings. The summed E-state index contributed by atoms with van der Waals surface area (Å²) in [4.78, 5) is 24.2. The maximum atomic E-state index is 12.8. The summed E-state index contributed by atoms with van der Waals surface area (Å²) in [6.45, 7) is 6.53. The Morgan fingerprint density at radius 2 is 0.975 bits per heavy atom. The maximum absolute atomic E-state index is 12.8. The third-order valence-electron chi connectivity index (χ3n) is 7.18. The van der Waals surface area contributed by atoms with Gasteiger partial charge in [-0.25, -0.2) is 8.78 Å². The molecule has 4 N–H and O–H groups in total. The number of halogens is 2. The van der Waals surface area contributed by atoms with E-state index >= 15 is 0 Å². The van der Waals surface area contributed by atoms with Gasteiger partial charge < -0.3 is 29.9 Å². The minimum Gasteiger partial charge on any atom is -0.388 e. The van der Waals surface area contributed by atoms with Crippen LogP contribution in [0.4, 0.5) is 8.78 Å². The number of aliphatic hydroxyl groups is 4. The Morgan fingerprint density at radius 3 is 1.23 bits per heavy atom. The molecule has 2 aromatic carbocycles. The normalized spacial score (nSPS) is 24.6. The van der Waals surface area contributed by atoms with Crippen molar-refractivity contribution in [1.29, 1.82) is 0 Å². The van der Waals surface area contributed by atoms with Gasteiger partial charge in [0.25, 0.3) is 0 Å². The van der Waals surface area contributed by atoms with E-state index in [4.69, 9.17) is 9.47 Å². The molecular weight excluding hydrogens is 526 g/mol. The first kappa shape index (κ1) is 31.9. The van der Waals surface area contributed by atoms with E-state index in [1.165, 1.54) is 48.5 Å². The second-order valence-electron chi connectivity index (χ2n) is 11.4. The topological polar surface area (TPSA) is 134 Å². The van der Waals surface area contributed by atoms with Crippen LogP contribution in [0.3, 0.4) is 0 Å². The highest BCUT2D eigenvalue weighted by Gasteiger charge is 2.41. The van der Waals surface area contributed by atoms with Crippen molar-refractivity contribution in [3.63, 3.8) is 0 Å². The van der Waals surface area contributed by atoms with Crippen LogP contribution in [-0.4, -0.2) is 79.8 Å². The van der Waals surface area contributed by atoms with Gasteiger partial charge in [-0.3, -0.25) is 9.59 Å². The molecule has 0 unspecified atom stereocenters. The first-order chi connectivity index (χ1) is 18.6. The Morgan fingerprint density at radius 1 is 0.675 bits per heavy atom. The number of hydrogen-bond donors (Lipinski definition) is 4. The van der Waals surface area contributed by atoms with Crippen LogP contribution in [0, 0.1) is 11.6 Å². The number of ether oxygens (including phenoxy) is 2. The molecule has 4 rings (SSSR count). The number of benzene rings is 2. The highest BCUT2D eigenvalue weighted by molar-refractivity contribution is 6.00. The molecule has 0 saturated carbocycles. The van der Waals surface area contributed by atoms with Crippen molar-refractivity contribution < 1.29 is 48.3 Å². The third kappa shape index (κ3) is 8.22. The minimum atomic E-state index is -1.30. The quantitative estimate of drug-likeness (QED) is 0.359. The lowest BCUT2D eigenvalue weighted by molar-refractivity contribution is -0.102. The van der Waals surface area contributed by atoms with Crippen molar-refractivity contribution >= 4 is 11.6 Å². The fraction of sp³-hybridized carbons (Fsp3) is 0.533. The number of hydrogen-bond acceptors (Lipinski definition) is 8. The van der Waals surface area contributed by atoms with Gasteiger partial charge in [0.1, 0.15) is 23.8 Å². The lowest BCUT2D eigenvalue weighted by Gasteiger charge is -2.26. The molecular formula is C30H38F2O8. The molecule has 0 amide bonds. The standard InChI is InChI=1S/2C15H19FO4/c2*1-15(2,19)12-8-7-11(20-12)14(18)13(17)9-3-5-10(16)6-4-9/h2*3-6,11-12,14,18-19H,7-8H2,1-2H3/t2*11-,12+,14+/m11/s1. The van der Waals surface area contributed by atoms with Crippen LogP contribution in [0.1, 0.15) is 74.1 Å². The maximum Gasteiger partial charge on any atom is 0.193 e. The molecule has 2 aliphatic rings. The van der Waals surface area contributed by atoms with Crippen molar-refractivity contribution in [2.45, 2.75) is 101 Å². The lowest BCUT2D eigenvalue weighted by Crippen LogP contribution is -2.39. The van der Waals surface area contributed by atoms with Crippen LogP contribution in [0.2, 0.25) is 0 Å². The van der Waals surface area contributed by atoms with E-state index in [2.05, 4.69) is 0 Å². The lowest BCUT2D eigenvalue weighted by atomic mass is 9.97. The number of carbonyl (C=O) groups is 2. The van der Waals surface area contributed by atoms with Crippen molar-refractivity contribution in [1.82, 2.24) is 0 Å². The van der Waals surface area contributed by atoms with E-state index in [0.29, 0.717) is 25.7 Å². The van der Waals surface area contributed by atoms with Gasteiger partial charge in [0.15, 0.2) is 11.6 Å². The van der Waals surface area contributed by atoms with E-state index in [1.807, 2.05) is 0 Å². The molecule has 2 aromatic rings. The zero-order valence-electron chi connectivity index (χ0n) is 23.1. The molecule has 6 atom stereocenters. The fourth-order valence-electron chi connectivity index (χ4n) is 4.74. The number of rotatable bonds is 8. The summed E-state index contributed by atoms with van der Waals surface area (Å²) in [5, 5.41) is 39.9.